The SMILES string of the molecule is CC(C)CC(N)Cc1ccccc1.CC(C)C[C@@H](N)Cc1ccccc1.CC(C)C[C@H](CN)c1ccccc1.CC(C)C[C@H](N)Cc1ccccc1.CCC(CC(C)C)c1ccccc1.CC[C@H](CC(C)C)c1ccccc1. The van der Waals surface area contributed by atoms with Gasteiger partial charge in [0.2, 0.25) is 0 Å². The predicted molar refractivity (Wildman–Crippen MR) is 348 cm³/mol. The van der Waals surface area contributed by atoms with Crippen LogP contribution in [-0.2, 0) is 19.3 Å². The standard InChI is InChI=1S/2C13H20.4C12H19N/c2*1-4-12(10-11(2)3)13-8-6-5-7-9-13;1-10(2)8-12(9-13)11-6-4-3-5-7-11;3*1-10(2)8-12(13)9-11-6-4-3-5-7-11/h2*5-9,11-12H,4,10H2,1-3H3;4*3-7,10,12H,8-9,13H2,1-2H3/t12-;;3*12-;/m1.110./s1. The van der Waals surface area contributed by atoms with E-state index in [2.05, 4.69) is 255 Å². The van der Waals surface area contributed by atoms with Crippen LogP contribution in [0.1, 0.15) is 199 Å². The lowest BCUT2D eigenvalue weighted by atomic mass is 9.88. The summed E-state index contributed by atoms with van der Waals surface area (Å²) in [6.07, 6.45) is 12.6. The first-order valence-corrected chi connectivity index (χ1v) is 30.5. The summed E-state index contributed by atoms with van der Waals surface area (Å²) in [5.74, 6) is 6.42. The molecule has 0 amide bonds. The van der Waals surface area contributed by atoms with Crippen LogP contribution in [0, 0.1) is 35.5 Å². The second-order valence-corrected chi connectivity index (χ2v) is 24.5. The molecule has 0 spiro atoms. The Labute approximate surface area is 481 Å². The van der Waals surface area contributed by atoms with E-state index in [1.54, 1.807) is 0 Å². The lowest BCUT2D eigenvalue weighted by molar-refractivity contribution is 0.489. The van der Waals surface area contributed by atoms with Gasteiger partial charge in [-0.05, 0) is 164 Å². The number of benzene rings is 6. The maximum Gasteiger partial charge on any atom is 0.00817 e. The maximum atomic E-state index is 6.01. The zero-order valence-corrected chi connectivity index (χ0v) is 52.0. The van der Waals surface area contributed by atoms with Crippen LogP contribution in [0.5, 0.6) is 0 Å². The highest BCUT2D eigenvalue weighted by Crippen LogP contribution is 2.28. The van der Waals surface area contributed by atoms with Gasteiger partial charge in [0.25, 0.3) is 0 Å². The van der Waals surface area contributed by atoms with Gasteiger partial charge < -0.3 is 22.9 Å². The molecule has 432 valence electrons. The summed E-state index contributed by atoms with van der Waals surface area (Å²) in [5, 5.41) is 0. The van der Waals surface area contributed by atoms with Crippen LogP contribution in [0.15, 0.2) is 182 Å². The van der Waals surface area contributed by atoms with Crippen molar-refractivity contribution in [2.45, 2.75) is 203 Å². The van der Waals surface area contributed by atoms with Crippen LogP contribution in [0.3, 0.4) is 0 Å². The lowest BCUT2D eigenvalue weighted by Crippen LogP contribution is -2.24. The van der Waals surface area contributed by atoms with E-state index in [-0.39, 0.29) is 0 Å². The smallest absolute Gasteiger partial charge is 0.00817 e. The Balaban J connectivity index is 0.000000468. The van der Waals surface area contributed by atoms with Gasteiger partial charge in [-0.2, -0.15) is 0 Å². The van der Waals surface area contributed by atoms with E-state index < -0.39 is 0 Å². The topological polar surface area (TPSA) is 104 Å². The van der Waals surface area contributed by atoms with Crippen LogP contribution >= 0.6 is 0 Å². The predicted octanol–water partition coefficient (Wildman–Crippen LogP) is 19.0. The largest absolute Gasteiger partial charge is 0.330 e. The molecule has 0 aromatic heterocycles. The Morgan fingerprint density at radius 1 is 0.269 bits per heavy atom. The summed E-state index contributed by atoms with van der Waals surface area (Å²) in [7, 11) is 0. The zero-order valence-electron chi connectivity index (χ0n) is 52.0. The molecule has 0 aliphatic carbocycles. The van der Waals surface area contributed by atoms with Crippen molar-refractivity contribution in [3.63, 3.8) is 0 Å². The average molecular weight is 1060 g/mol. The summed E-state index contributed by atoms with van der Waals surface area (Å²) >= 11 is 0. The summed E-state index contributed by atoms with van der Waals surface area (Å²) in [4.78, 5) is 0. The van der Waals surface area contributed by atoms with Gasteiger partial charge in [0.1, 0.15) is 0 Å². The molecule has 8 N–H and O–H groups in total. The molecular formula is C74H116N4. The van der Waals surface area contributed by atoms with E-state index in [4.69, 9.17) is 22.9 Å². The van der Waals surface area contributed by atoms with Crippen molar-refractivity contribution >= 4 is 0 Å². The molecule has 4 heteroatoms. The second kappa shape index (κ2) is 44.0. The molecule has 2 unspecified atom stereocenters. The number of hydrogen-bond donors (Lipinski definition) is 4. The van der Waals surface area contributed by atoms with E-state index >= 15 is 0 Å². The van der Waals surface area contributed by atoms with E-state index in [0.717, 1.165) is 68.7 Å². The summed E-state index contributed by atoms with van der Waals surface area (Å²) < 4.78 is 0. The molecule has 0 aliphatic rings. The Bertz CT molecular complexity index is 1940. The van der Waals surface area contributed by atoms with Crippen LogP contribution in [0.4, 0.5) is 0 Å². The van der Waals surface area contributed by atoms with Gasteiger partial charge >= 0.3 is 0 Å². The van der Waals surface area contributed by atoms with Crippen LogP contribution in [0.25, 0.3) is 0 Å². The Kier molecular flexibility index (Phi) is 40.1. The molecule has 0 radical (unpaired) electrons. The summed E-state index contributed by atoms with van der Waals surface area (Å²) in [6.45, 7) is 32.3. The first kappa shape index (κ1) is 71.2. The molecule has 0 heterocycles. The minimum atomic E-state index is 0.308. The molecular weight excluding hydrogens is 945 g/mol. The monoisotopic (exact) mass is 1060 g/mol. The van der Waals surface area contributed by atoms with Crippen molar-refractivity contribution in [2.75, 3.05) is 6.54 Å². The van der Waals surface area contributed by atoms with Crippen molar-refractivity contribution in [3.05, 3.63) is 215 Å². The molecule has 0 saturated carbocycles. The molecule has 6 aromatic rings. The zero-order chi connectivity index (χ0) is 58.1. The summed E-state index contributed by atoms with van der Waals surface area (Å²) in [6, 6.07) is 64.5. The fourth-order valence-electron chi connectivity index (χ4n) is 10.1. The third-order valence-electron chi connectivity index (χ3n) is 13.7. The van der Waals surface area contributed by atoms with Crippen molar-refractivity contribution < 1.29 is 0 Å². The van der Waals surface area contributed by atoms with E-state index in [9.17, 15) is 0 Å². The molecule has 0 aliphatic heterocycles. The highest BCUT2D eigenvalue weighted by Gasteiger charge is 2.13. The van der Waals surface area contributed by atoms with Crippen molar-refractivity contribution in [1.82, 2.24) is 0 Å². The third-order valence-corrected chi connectivity index (χ3v) is 13.7. The third kappa shape index (κ3) is 37.1. The number of rotatable bonds is 24. The normalized spacial score (nSPS) is 13.2. The number of nitrogens with two attached hydrogens (primary N) is 4. The Morgan fingerprint density at radius 3 is 0.654 bits per heavy atom. The first-order valence-electron chi connectivity index (χ1n) is 30.5. The van der Waals surface area contributed by atoms with E-state index in [1.807, 2.05) is 24.3 Å². The van der Waals surface area contributed by atoms with Gasteiger partial charge in [-0.15, -0.1) is 0 Å². The molecule has 4 nitrogen and oxygen atoms in total. The van der Waals surface area contributed by atoms with Crippen molar-refractivity contribution in [2.24, 2.45) is 58.4 Å². The lowest BCUT2D eigenvalue weighted by Gasteiger charge is -2.17. The van der Waals surface area contributed by atoms with Gasteiger partial charge in [0, 0.05) is 18.1 Å². The second-order valence-electron chi connectivity index (χ2n) is 24.5. The quantitative estimate of drug-likeness (QED) is 0.0485. The minimum absolute atomic E-state index is 0.308. The summed E-state index contributed by atoms with van der Waals surface area (Å²) in [5.41, 5.74) is 32.2. The molecule has 6 aromatic carbocycles. The Hall–Kier alpha value is -4.84. The van der Waals surface area contributed by atoms with E-state index in [1.165, 1.54) is 65.5 Å². The van der Waals surface area contributed by atoms with Crippen LogP contribution in [0.2, 0.25) is 0 Å². The first-order chi connectivity index (χ1) is 37.3. The Morgan fingerprint density at radius 2 is 0.462 bits per heavy atom. The molecule has 6 rings (SSSR count). The van der Waals surface area contributed by atoms with Crippen molar-refractivity contribution in [3.8, 4) is 0 Å². The van der Waals surface area contributed by atoms with Gasteiger partial charge in [-0.1, -0.05) is 279 Å². The molecule has 0 saturated heterocycles. The highest BCUT2D eigenvalue weighted by molar-refractivity contribution is 5.22. The average Bonchev–Trinajstić information content (AvgIpc) is 3.40. The highest BCUT2D eigenvalue weighted by atomic mass is 14.6. The molecule has 0 bridgehead atoms. The van der Waals surface area contributed by atoms with Gasteiger partial charge in [-0.25, -0.2) is 0 Å². The fourth-order valence-corrected chi connectivity index (χ4v) is 10.1. The maximum absolute atomic E-state index is 6.01. The van der Waals surface area contributed by atoms with Crippen LogP contribution < -0.4 is 22.9 Å². The molecule has 78 heavy (non-hydrogen) atoms. The van der Waals surface area contributed by atoms with Crippen molar-refractivity contribution in [1.29, 1.82) is 0 Å². The fraction of sp³-hybridized carbons (Fsp3) is 0.514. The molecule has 0 fully saturated rings. The van der Waals surface area contributed by atoms with E-state index in [0.29, 0.717) is 47.7 Å². The van der Waals surface area contributed by atoms with Gasteiger partial charge in [0.05, 0.1) is 0 Å². The number of hydrogen-bond acceptors (Lipinski definition) is 4. The minimum Gasteiger partial charge on any atom is -0.330 e. The van der Waals surface area contributed by atoms with Gasteiger partial charge in [-0.3, -0.25) is 0 Å². The molecule has 6 atom stereocenters. The van der Waals surface area contributed by atoms with Gasteiger partial charge in [0.15, 0.2) is 0 Å². The van der Waals surface area contributed by atoms with Crippen LogP contribution in [-0.4, -0.2) is 24.7 Å².